The summed E-state index contributed by atoms with van der Waals surface area (Å²) in [5, 5.41) is 0. The zero-order valence-electron chi connectivity index (χ0n) is 10.7. The quantitative estimate of drug-likeness (QED) is 0.610. The van der Waals surface area contributed by atoms with Crippen molar-refractivity contribution in [3.05, 3.63) is 23.8 Å². The Hall–Kier alpha value is -0.850. The maximum atomic E-state index is 12.2. The fraction of sp³-hybridized carbons (Fsp3) is 0.667. The summed E-state index contributed by atoms with van der Waals surface area (Å²) < 4.78 is 0. The summed E-state index contributed by atoms with van der Waals surface area (Å²) in [7, 11) is 0. The smallest absolute Gasteiger partial charge is 0.159 e. The van der Waals surface area contributed by atoms with Gasteiger partial charge in [0.1, 0.15) is 0 Å². The Kier molecular flexibility index (Phi) is 2.81. The molecule has 0 aromatic heterocycles. The summed E-state index contributed by atoms with van der Waals surface area (Å²) in [5.41, 5.74) is 2.40. The van der Waals surface area contributed by atoms with Crippen molar-refractivity contribution in [2.24, 2.45) is 17.3 Å². The Bertz CT molecular complexity index is 364. The first-order valence-corrected chi connectivity index (χ1v) is 6.34. The molecule has 0 heterocycles. The molecule has 0 aliphatic heterocycles. The highest BCUT2D eigenvalue weighted by Gasteiger charge is 2.45. The molecule has 0 N–H and O–H groups in total. The van der Waals surface area contributed by atoms with Crippen LogP contribution in [0.3, 0.4) is 0 Å². The van der Waals surface area contributed by atoms with Crippen LogP contribution in [0.4, 0.5) is 0 Å². The number of carbonyl (C=O) groups excluding carboxylic acids is 1. The van der Waals surface area contributed by atoms with E-state index in [0.717, 1.165) is 18.4 Å². The van der Waals surface area contributed by atoms with Crippen LogP contribution >= 0.6 is 0 Å². The molecule has 0 bridgehead atoms. The average Bonchev–Trinajstić information content (AvgIpc) is 2.20. The summed E-state index contributed by atoms with van der Waals surface area (Å²) >= 11 is 0. The Morgan fingerprint density at radius 1 is 1.56 bits per heavy atom. The molecular weight excluding hydrogens is 196 g/mol. The Morgan fingerprint density at radius 2 is 2.25 bits per heavy atom. The molecule has 16 heavy (non-hydrogen) atoms. The Labute approximate surface area is 98.6 Å². The van der Waals surface area contributed by atoms with E-state index in [0.29, 0.717) is 24.0 Å². The Balaban J connectivity index is 2.36. The molecule has 0 aromatic carbocycles. The van der Waals surface area contributed by atoms with Gasteiger partial charge in [0.05, 0.1) is 0 Å². The number of rotatable bonds is 1. The lowest BCUT2D eigenvalue weighted by molar-refractivity contribution is -0.120. The standard InChI is InChI=1S/C15H22O/c1-10(2)12-8-14(16)13-7-5-6-11(3)15(13,4)9-12/h7,11-12H,1,5-6,8-9H2,2-4H3/t11-,12+,15+/m1/s1. The van der Waals surface area contributed by atoms with Gasteiger partial charge >= 0.3 is 0 Å². The van der Waals surface area contributed by atoms with Gasteiger partial charge in [-0.25, -0.2) is 0 Å². The molecular formula is C15H22O. The van der Waals surface area contributed by atoms with Crippen LogP contribution in [0.2, 0.25) is 0 Å². The second-order valence-corrected chi connectivity index (χ2v) is 5.89. The van der Waals surface area contributed by atoms with Crippen LogP contribution in [0, 0.1) is 17.3 Å². The van der Waals surface area contributed by atoms with Crippen molar-refractivity contribution in [3.8, 4) is 0 Å². The molecule has 0 amide bonds. The maximum Gasteiger partial charge on any atom is 0.159 e. The predicted molar refractivity (Wildman–Crippen MR) is 67.1 cm³/mol. The summed E-state index contributed by atoms with van der Waals surface area (Å²) in [5.74, 6) is 1.39. The van der Waals surface area contributed by atoms with Gasteiger partial charge in [0.25, 0.3) is 0 Å². The van der Waals surface area contributed by atoms with E-state index in [-0.39, 0.29) is 5.41 Å². The molecule has 0 unspecified atom stereocenters. The number of Topliss-reactive ketones (excluding diaryl/α,β-unsaturated/α-hetero) is 1. The molecule has 0 radical (unpaired) electrons. The number of hydrogen-bond acceptors (Lipinski definition) is 1. The number of allylic oxidation sites excluding steroid dienone is 3. The van der Waals surface area contributed by atoms with Crippen molar-refractivity contribution in [2.75, 3.05) is 0 Å². The van der Waals surface area contributed by atoms with Crippen molar-refractivity contribution in [3.63, 3.8) is 0 Å². The van der Waals surface area contributed by atoms with E-state index in [1.54, 1.807) is 0 Å². The predicted octanol–water partition coefficient (Wildman–Crippen LogP) is 3.90. The fourth-order valence-electron chi connectivity index (χ4n) is 3.30. The number of carbonyl (C=O) groups is 1. The second kappa shape index (κ2) is 3.87. The van der Waals surface area contributed by atoms with E-state index in [1.807, 2.05) is 0 Å². The van der Waals surface area contributed by atoms with Gasteiger partial charge in [-0.3, -0.25) is 4.79 Å². The molecule has 1 fully saturated rings. The van der Waals surface area contributed by atoms with Crippen LogP contribution in [0.25, 0.3) is 0 Å². The molecule has 2 aliphatic rings. The van der Waals surface area contributed by atoms with Gasteiger partial charge in [0.2, 0.25) is 0 Å². The summed E-state index contributed by atoms with van der Waals surface area (Å²) in [6.07, 6.45) is 6.29. The lowest BCUT2D eigenvalue weighted by Gasteiger charge is -2.46. The summed E-state index contributed by atoms with van der Waals surface area (Å²) in [4.78, 5) is 12.2. The van der Waals surface area contributed by atoms with Gasteiger partial charge < -0.3 is 0 Å². The molecule has 0 aromatic rings. The van der Waals surface area contributed by atoms with Crippen molar-refractivity contribution in [2.45, 2.75) is 46.5 Å². The molecule has 2 rings (SSSR count). The van der Waals surface area contributed by atoms with E-state index < -0.39 is 0 Å². The molecule has 1 saturated carbocycles. The molecule has 0 spiro atoms. The first kappa shape index (κ1) is 11.6. The van der Waals surface area contributed by atoms with Gasteiger partial charge in [-0.15, -0.1) is 0 Å². The summed E-state index contributed by atoms with van der Waals surface area (Å²) in [6.45, 7) is 10.7. The molecule has 1 nitrogen and oxygen atoms in total. The zero-order valence-corrected chi connectivity index (χ0v) is 10.7. The van der Waals surface area contributed by atoms with Crippen molar-refractivity contribution < 1.29 is 4.79 Å². The van der Waals surface area contributed by atoms with Crippen LogP contribution in [0.15, 0.2) is 23.8 Å². The number of hydrogen-bond donors (Lipinski definition) is 0. The van der Waals surface area contributed by atoms with Crippen molar-refractivity contribution in [1.29, 1.82) is 0 Å². The SMILES string of the molecule is C=C(C)[C@H]1CC(=O)C2=CCC[C@@H](C)[C@]2(C)C1. The third-order valence-electron chi connectivity index (χ3n) is 4.75. The van der Waals surface area contributed by atoms with E-state index in [2.05, 4.69) is 33.4 Å². The van der Waals surface area contributed by atoms with Gasteiger partial charge in [-0.05, 0) is 49.0 Å². The fourth-order valence-corrected chi connectivity index (χ4v) is 3.30. The molecule has 3 atom stereocenters. The minimum Gasteiger partial charge on any atom is -0.295 e. The Morgan fingerprint density at radius 3 is 2.88 bits per heavy atom. The first-order chi connectivity index (χ1) is 7.45. The topological polar surface area (TPSA) is 17.1 Å². The van der Waals surface area contributed by atoms with Crippen LogP contribution in [0.1, 0.15) is 46.5 Å². The lowest BCUT2D eigenvalue weighted by atomic mass is 9.57. The van der Waals surface area contributed by atoms with Crippen molar-refractivity contribution >= 4 is 5.78 Å². The monoisotopic (exact) mass is 218 g/mol. The molecule has 88 valence electrons. The van der Waals surface area contributed by atoms with Gasteiger partial charge in [-0.1, -0.05) is 32.1 Å². The zero-order chi connectivity index (χ0) is 11.9. The van der Waals surface area contributed by atoms with Gasteiger partial charge in [0, 0.05) is 6.42 Å². The minimum atomic E-state index is 0.108. The highest BCUT2D eigenvalue weighted by Crippen LogP contribution is 2.51. The number of ketones is 1. The first-order valence-electron chi connectivity index (χ1n) is 6.34. The molecule has 0 saturated heterocycles. The van der Waals surface area contributed by atoms with Crippen LogP contribution in [0.5, 0.6) is 0 Å². The van der Waals surface area contributed by atoms with E-state index in [1.165, 1.54) is 12.0 Å². The molecule has 2 aliphatic carbocycles. The van der Waals surface area contributed by atoms with Crippen molar-refractivity contribution in [1.82, 2.24) is 0 Å². The van der Waals surface area contributed by atoms with E-state index >= 15 is 0 Å². The molecule has 1 heteroatoms. The van der Waals surface area contributed by atoms with Crippen LogP contribution < -0.4 is 0 Å². The highest BCUT2D eigenvalue weighted by atomic mass is 16.1. The maximum absolute atomic E-state index is 12.2. The summed E-state index contributed by atoms with van der Waals surface area (Å²) in [6, 6.07) is 0. The third kappa shape index (κ3) is 1.66. The van der Waals surface area contributed by atoms with Crippen LogP contribution in [-0.2, 0) is 4.79 Å². The highest BCUT2D eigenvalue weighted by molar-refractivity contribution is 5.98. The lowest BCUT2D eigenvalue weighted by Crippen LogP contribution is -2.40. The largest absolute Gasteiger partial charge is 0.295 e. The number of fused-ring (bicyclic) bond motifs is 1. The average molecular weight is 218 g/mol. The van der Waals surface area contributed by atoms with Gasteiger partial charge in [0.15, 0.2) is 5.78 Å². The van der Waals surface area contributed by atoms with Gasteiger partial charge in [-0.2, -0.15) is 0 Å². The van der Waals surface area contributed by atoms with E-state index in [4.69, 9.17) is 0 Å². The third-order valence-corrected chi connectivity index (χ3v) is 4.75. The minimum absolute atomic E-state index is 0.108. The van der Waals surface area contributed by atoms with E-state index in [9.17, 15) is 4.79 Å². The normalized spacial score (nSPS) is 38.9. The second-order valence-electron chi connectivity index (χ2n) is 5.89. The van der Waals surface area contributed by atoms with Crippen LogP contribution in [-0.4, -0.2) is 5.78 Å².